The van der Waals surface area contributed by atoms with Crippen molar-refractivity contribution in [1.29, 1.82) is 0 Å². The largest absolute Gasteiger partial charge is 0.326 e. The van der Waals surface area contributed by atoms with Crippen molar-refractivity contribution in [2.24, 2.45) is 0 Å². The Morgan fingerprint density at radius 2 is 1.89 bits per heavy atom. The molecule has 0 atom stereocenters. The van der Waals surface area contributed by atoms with Crippen LogP contribution in [0, 0.1) is 0 Å². The topological polar surface area (TPSA) is 77.6 Å². The number of hydrogen-bond acceptors (Lipinski definition) is 5. The molecule has 1 aromatic carbocycles. The zero-order valence-corrected chi connectivity index (χ0v) is 17.0. The van der Waals surface area contributed by atoms with E-state index in [1.165, 1.54) is 11.3 Å². The van der Waals surface area contributed by atoms with Crippen LogP contribution < -0.4 is 10.6 Å². The third-order valence-corrected chi connectivity index (χ3v) is 5.65. The first-order chi connectivity index (χ1) is 12.9. The van der Waals surface area contributed by atoms with E-state index in [-0.39, 0.29) is 18.4 Å². The summed E-state index contributed by atoms with van der Waals surface area (Å²) in [5, 5.41) is 8.58. The number of carbonyl (C=O) groups excluding carboxylic acids is 2. The van der Waals surface area contributed by atoms with Gasteiger partial charge in [-0.25, -0.2) is 9.78 Å². The molecule has 3 rings (SSSR count). The maximum absolute atomic E-state index is 12.3. The molecule has 144 valence electrons. The van der Waals surface area contributed by atoms with Crippen molar-refractivity contribution in [3.8, 4) is 0 Å². The molecule has 2 N–H and O–H groups in total. The summed E-state index contributed by atoms with van der Waals surface area (Å²) >= 11 is 13.1. The van der Waals surface area contributed by atoms with Gasteiger partial charge < -0.3 is 15.1 Å². The van der Waals surface area contributed by atoms with Crippen molar-refractivity contribution in [2.45, 2.75) is 6.42 Å². The van der Waals surface area contributed by atoms with Crippen molar-refractivity contribution >= 4 is 57.3 Å². The van der Waals surface area contributed by atoms with Gasteiger partial charge in [0.15, 0.2) is 5.13 Å². The molecular weight excluding hydrogens is 409 g/mol. The molecule has 7 nitrogen and oxygen atoms in total. The van der Waals surface area contributed by atoms with Gasteiger partial charge in [-0.1, -0.05) is 23.2 Å². The van der Waals surface area contributed by atoms with Gasteiger partial charge in [-0.15, -0.1) is 11.3 Å². The standard InChI is InChI=1S/C17H19Cl2N5O2S/c1-23-4-6-24(7-5-23)17(26)22-16-21-12(10-27-16)9-15(25)20-11-2-3-13(18)14(19)8-11/h2-3,8,10H,4-7,9H2,1H3,(H,20,25)(H,21,22,26). The van der Waals surface area contributed by atoms with Crippen molar-refractivity contribution in [3.63, 3.8) is 0 Å². The fraction of sp³-hybridized carbons (Fsp3) is 0.353. The number of piperazine rings is 1. The molecule has 1 aromatic heterocycles. The highest BCUT2D eigenvalue weighted by molar-refractivity contribution is 7.13. The third-order valence-electron chi connectivity index (χ3n) is 4.10. The highest BCUT2D eigenvalue weighted by Gasteiger charge is 2.20. The summed E-state index contributed by atoms with van der Waals surface area (Å²) in [5.74, 6) is -0.226. The van der Waals surface area contributed by atoms with E-state index in [4.69, 9.17) is 23.2 Å². The maximum atomic E-state index is 12.3. The highest BCUT2D eigenvalue weighted by Crippen LogP contribution is 2.25. The number of halogens is 2. The SMILES string of the molecule is CN1CCN(C(=O)Nc2nc(CC(=O)Nc3ccc(Cl)c(Cl)c3)cs2)CC1. The van der Waals surface area contributed by atoms with Crippen molar-refractivity contribution in [3.05, 3.63) is 39.3 Å². The summed E-state index contributed by atoms with van der Waals surface area (Å²) < 4.78 is 0. The summed E-state index contributed by atoms with van der Waals surface area (Å²) in [6.07, 6.45) is 0.0983. The van der Waals surface area contributed by atoms with Crippen LogP contribution >= 0.6 is 34.5 Å². The van der Waals surface area contributed by atoms with E-state index < -0.39 is 0 Å². The smallest absolute Gasteiger partial charge is 0.323 e. The van der Waals surface area contributed by atoms with E-state index >= 15 is 0 Å². The first kappa shape index (κ1) is 19.9. The number of rotatable bonds is 4. The average molecular weight is 428 g/mol. The molecule has 1 fully saturated rings. The van der Waals surface area contributed by atoms with E-state index in [1.807, 2.05) is 7.05 Å². The van der Waals surface area contributed by atoms with E-state index in [0.717, 1.165) is 13.1 Å². The minimum atomic E-state index is -0.226. The molecule has 27 heavy (non-hydrogen) atoms. The zero-order chi connectivity index (χ0) is 19.4. The van der Waals surface area contributed by atoms with Crippen LogP contribution in [-0.4, -0.2) is 59.9 Å². The first-order valence-corrected chi connectivity index (χ1v) is 9.98. The van der Waals surface area contributed by atoms with E-state index in [1.54, 1.807) is 28.5 Å². The van der Waals surface area contributed by atoms with Crippen LogP contribution in [0.4, 0.5) is 15.6 Å². The van der Waals surface area contributed by atoms with Gasteiger partial charge in [0.25, 0.3) is 0 Å². The second-order valence-corrected chi connectivity index (χ2v) is 7.89. The van der Waals surface area contributed by atoms with Crippen molar-refractivity contribution < 1.29 is 9.59 Å². The molecular formula is C17H19Cl2N5O2S. The first-order valence-electron chi connectivity index (χ1n) is 8.34. The number of anilines is 2. The van der Waals surface area contributed by atoms with Crippen LogP contribution in [0.25, 0.3) is 0 Å². The number of carbonyl (C=O) groups is 2. The molecule has 0 radical (unpaired) electrons. The lowest BCUT2D eigenvalue weighted by atomic mass is 10.3. The Labute approximate surface area is 171 Å². The Hall–Kier alpha value is -1.87. The van der Waals surface area contributed by atoms with Crippen LogP contribution in [0.5, 0.6) is 0 Å². The number of thiazole rings is 1. The quantitative estimate of drug-likeness (QED) is 0.783. The third kappa shape index (κ3) is 5.55. The molecule has 3 amide bonds. The highest BCUT2D eigenvalue weighted by atomic mass is 35.5. The molecule has 1 aliphatic heterocycles. The number of hydrogen-bond donors (Lipinski definition) is 2. The summed E-state index contributed by atoms with van der Waals surface area (Å²) in [7, 11) is 2.03. The van der Waals surface area contributed by atoms with E-state index in [0.29, 0.717) is 39.6 Å². The van der Waals surface area contributed by atoms with Gasteiger partial charge in [0, 0.05) is 37.2 Å². The Morgan fingerprint density at radius 1 is 1.15 bits per heavy atom. The van der Waals surface area contributed by atoms with Gasteiger partial charge >= 0.3 is 6.03 Å². The van der Waals surface area contributed by atoms with Gasteiger partial charge in [0.1, 0.15) is 0 Å². The number of nitrogens with one attached hydrogen (secondary N) is 2. The Balaban J connectivity index is 1.52. The molecule has 0 saturated carbocycles. The van der Waals surface area contributed by atoms with Gasteiger partial charge in [-0.3, -0.25) is 10.1 Å². The van der Waals surface area contributed by atoms with E-state index in [2.05, 4.69) is 20.5 Å². The minimum Gasteiger partial charge on any atom is -0.326 e. The second-order valence-electron chi connectivity index (χ2n) is 6.22. The van der Waals surface area contributed by atoms with E-state index in [9.17, 15) is 9.59 Å². The van der Waals surface area contributed by atoms with Crippen LogP contribution in [0.3, 0.4) is 0 Å². The lowest BCUT2D eigenvalue weighted by Gasteiger charge is -2.32. The van der Waals surface area contributed by atoms with Crippen molar-refractivity contribution in [2.75, 3.05) is 43.9 Å². The molecule has 0 unspecified atom stereocenters. The minimum absolute atomic E-state index is 0.0983. The molecule has 1 aliphatic rings. The lowest BCUT2D eigenvalue weighted by molar-refractivity contribution is -0.115. The van der Waals surface area contributed by atoms with Crippen molar-refractivity contribution in [1.82, 2.24) is 14.8 Å². The summed E-state index contributed by atoms with van der Waals surface area (Å²) in [5.41, 5.74) is 1.15. The fourth-order valence-electron chi connectivity index (χ4n) is 2.57. The average Bonchev–Trinajstić information content (AvgIpc) is 3.05. The Bertz CT molecular complexity index is 836. The predicted molar refractivity (Wildman–Crippen MR) is 109 cm³/mol. The Kier molecular flexibility index (Phi) is 6.54. The van der Waals surface area contributed by atoms with Gasteiger partial charge in [0.05, 0.1) is 22.2 Å². The van der Waals surface area contributed by atoms with Gasteiger partial charge in [0.2, 0.25) is 5.91 Å². The number of urea groups is 1. The number of benzene rings is 1. The molecule has 2 heterocycles. The number of nitrogens with zero attached hydrogens (tertiary/aromatic N) is 3. The van der Waals surface area contributed by atoms with Crippen LogP contribution in [-0.2, 0) is 11.2 Å². The normalized spacial score (nSPS) is 14.9. The maximum Gasteiger partial charge on any atom is 0.323 e. The predicted octanol–water partition coefficient (Wildman–Crippen LogP) is 3.41. The Morgan fingerprint density at radius 3 is 2.59 bits per heavy atom. The number of likely N-dealkylation sites (N-methyl/N-ethyl adjacent to an activating group) is 1. The monoisotopic (exact) mass is 427 g/mol. The lowest BCUT2D eigenvalue weighted by Crippen LogP contribution is -2.48. The van der Waals surface area contributed by atoms with Gasteiger partial charge in [-0.05, 0) is 25.2 Å². The molecule has 0 aliphatic carbocycles. The summed E-state index contributed by atoms with van der Waals surface area (Å²) in [6, 6.07) is 4.72. The molecule has 2 aromatic rings. The summed E-state index contributed by atoms with van der Waals surface area (Å²) in [4.78, 5) is 32.7. The molecule has 0 bridgehead atoms. The second kappa shape index (κ2) is 8.88. The molecule has 0 spiro atoms. The van der Waals surface area contributed by atoms with Crippen LogP contribution in [0.2, 0.25) is 10.0 Å². The van der Waals surface area contributed by atoms with Crippen LogP contribution in [0.1, 0.15) is 5.69 Å². The number of aromatic nitrogens is 1. The molecule has 1 saturated heterocycles. The fourth-order valence-corrected chi connectivity index (χ4v) is 3.57. The van der Waals surface area contributed by atoms with Crippen LogP contribution in [0.15, 0.2) is 23.6 Å². The zero-order valence-electron chi connectivity index (χ0n) is 14.7. The summed E-state index contributed by atoms with van der Waals surface area (Å²) in [6.45, 7) is 3.08. The molecule has 10 heteroatoms. The van der Waals surface area contributed by atoms with Gasteiger partial charge in [-0.2, -0.15) is 0 Å². The number of amides is 3.